The molecule has 0 bridgehead atoms. The fraction of sp³-hybridized carbons (Fsp3) is 0.143. The average molecular weight is 315 g/mol. The topological polar surface area (TPSA) is 73.1 Å². The van der Waals surface area contributed by atoms with Gasteiger partial charge in [0.1, 0.15) is 15.9 Å². The van der Waals surface area contributed by atoms with Gasteiger partial charge in [-0.05, 0) is 27.5 Å². The molecule has 0 spiro atoms. The maximum absolute atomic E-state index is 12.5. The van der Waals surface area contributed by atoms with Crippen LogP contribution in [0.5, 0.6) is 0 Å². The molecule has 0 amide bonds. The van der Waals surface area contributed by atoms with E-state index in [1.807, 2.05) is 0 Å². The van der Waals surface area contributed by atoms with Gasteiger partial charge >= 0.3 is 0 Å². The van der Waals surface area contributed by atoms with Crippen LogP contribution >= 0.6 is 27.5 Å². The molecule has 16 heavy (non-hydrogen) atoms. The third kappa shape index (κ3) is 2.50. The Bertz CT molecular complexity index is 469. The lowest BCUT2D eigenvalue weighted by molar-refractivity contribution is -0.385. The van der Waals surface area contributed by atoms with Gasteiger partial charge in [0, 0.05) is 6.07 Å². The molecule has 0 aliphatic heterocycles. The first kappa shape index (κ1) is 12.9. The van der Waals surface area contributed by atoms with E-state index in [-0.39, 0.29) is 4.60 Å². The molecule has 1 aromatic rings. The number of pyridine rings is 1. The first-order chi connectivity index (χ1) is 7.34. The summed E-state index contributed by atoms with van der Waals surface area (Å²) in [6.07, 6.45) is -3.13. The predicted octanol–water partition coefficient (Wildman–Crippen LogP) is 3.07. The van der Waals surface area contributed by atoms with E-state index < -0.39 is 33.5 Å². The molecule has 0 saturated carbocycles. The van der Waals surface area contributed by atoms with Crippen molar-refractivity contribution in [2.75, 3.05) is 0 Å². The Hall–Kier alpha value is -1.15. The molecule has 0 radical (unpaired) electrons. The zero-order valence-corrected chi connectivity index (χ0v) is 9.63. The van der Waals surface area contributed by atoms with Crippen molar-refractivity contribution in [3.8, 4) is 0 Å². The number of carbonyl (C=O) groups excluding carboxylic acids is 1. The van der Waals surface area contributed by atoms with Crippen molar-refractivity contribution in [3.63, 3.8) is 0 Å². The van der Waals surface area contributed by atoms with Gasteiger partial charge in [0.15, 0.2) is 0 Å². The number of alkyl halides is 2. The maximum Gasteiger partial charge on any atom is 0.286 e. The van der Waals surface area contributed by atoms with Crippen LogP contribution in [0.4, 0.5) is 14.5 Å². The summed E-state index contributed by atoms with van der Waals surface area (Å²) in [5.74, 6) is 0. The number of hydrogen-bond acceptors (Lipinski definition) is 4. The van der Waals surface area contributed by atoms with Crippen LogP contribution in [0.3, 0.4) is 0 Å². The molecule has 0 saturated heterocycles. The van der Waals surface area contributed by atoms with Gasteiger partial charge in [0.2, 0.25) is 0 Å². The number of nitro groups is 1. The number of carbonyl (C=O) groups is 1. The second-order valence-corrected chi connectivity index (χ2v) is 3.71. The number of aromatic nitrogens is 1. The zero-order chi connectivity index (χ0) is 12.5. The summed E-state index contributed by atoms with van der Waals surface area (Å²) >= 11 is 7.75. The monoisotopic (exact) mass is 314 g/mol. The first-order valence-corrected chi connectivity index (χ1v) is 4.84. The van der Waals surface area contributed by atoms with Gasteiger partial charge in [-0.2, -0.15) is 0 Å². The lowest BCUT2D eigenvalue weighted by Crippen LogP contribution is -2.07. The SMILES string of the molecule is O=C(Cl)c1c([N+](=O)[O-])cc(Br)nc1C(F)F. The highest BCUT2D eigenvalue weighted by Crippen LogP contribution is 2.31. The average Bonchev–Trinajstić information content (AvgIpc) is 2.15. The minimum Gasteiger partial charge on any atom is -0.275 e. The second kappa shape index (κ2) is 4.79. The summed E-state index contributed by atoms with van der Waals surface area (Å²) in [4.78, 5) is 23.7. The molecule has 0 aliphatic rings. The number of halogens is 4. The van der Waals surface area contributed by atoms with E-state index in [0.29, 0.717) is 0 Å². The van der Waals surface area contributed by atoms with E-state index >= 15 is 0 Å². The normalized spacial score (nSPS) is 10.6. The minimum atomic E-state index is -3.13. The molecule has 0 unspecified atom stereocenters. The highest BCUT2D eigenvalue weighted by Gasteiger charge is 2.29. The van der Waals surface area contributed by atoms with Crippen LogP contribution in [-0.2, 0) is 0 Å². The Balaban J connectivity index is 3.60. The molecule has 0 fully saturated rings. The zero-order valence-electron chi connectivity index (χ0n) is 7.29. The maximum atomic E-state index is 12.5. The molecular weight excluding hydrogens is 313 g/mol. The van der Waals surface area contributed by atoms with Crippen molar-refractivity contribution in [2.24, 2.45) is 0 Å². The fourth-order valence-corrected chi connectivity index (χ4v) is 1.62. The largest absolute Gasteiger partial charge is 0.286 e. The van der Waals surface area contributed by atoms with E-state index in [4.69, 9.17) is 11.6 Å². The first-order valence-electron chi connectivity index (χ1n) is 3.67. The quantitative estimate of drug-likeness (QED) is 0.372. The van der Waals surface area contributed by atoms with Crippen molar-refractivity contribution >= 4 is 38.5 Å². The number of rotatable bonds is 3. The molecule has 9 heteroatoms. The van der Waals surface area contributed by atoms with E-state index in [2.05, 4.69) is 20.9 Å². The summed E-state index contributed by atoms with van der Waals surface area (Å²) in [5.41, 5.74) is -2.71. The number of hydrogen-bond donors (Lipinski definition) is 0. The highest BCUT2D eigenvalue weighted by molar-refractivity contribution is 9.10. The van der Waals surface area contributed by atoms with Gasteiger partial charge < -0.3 is 0 Å². The molecule has 1 rings (SSSR count). The molecule has 1 aromatic heterocycles. The summed E-state index contributed by atoms with van der Waals surface area (Å²) in [6.45, 7) is 0. The van der Waals surface area contributed by atoms with Gasteiger partial charge in [-0.25, -0.2) is 13.8 Å². The second-order valence-electron chi connectivity index (χ2n) is 2.56. The van der Waals surface area contributed by atoms with E-state index in [9.17, 15) is 23.7 Å². The Kier molecular flexibility index (Phi) is 3.87. The van der Waals surface area contributed by atoms with Crippen LogP contribution < -0.4 is 0 Å². The molecular formula is C7H2BrClF2N2O3. The Morgan fingerprint density at radius 1 is 1.62 bits per heavy atom. The van der Waals surface area contributed by atoms with Crippen LogP contribution in [0.15, 0.2) is 10.7 Å². The van der Waals surface area contributed by atoms with Crippen molar-refractivity contribution in [1.29, 1.82) is 0 Å². The summed E-state index contributed by atoms with van der Waals surface area (Å²) in [6, 6.07) is 0.835. The van der Waals surface area contributed by atoms with Crippen molar-refractivity contribution < 1.29 is 18.5 Å². The molecule has 86 valence electrons. The smallest absolute Gasteiger partial charge is 0.275 e. The van der Waals surface area contributed by atoms with E-state index in [1.54, 1.807) is 0 Å². The van der Waals surface area contributed by atoms with Crippen molar-refractivity contribution in [3.05, 3.63) is 32.0 Å². The van der Waals surface area contributed by atoms with Gasteiger partial charge in [-0.3, -0.25) is 14.9 Å². The van der Waals surface area contributed by atoms with Crippen LogP contribution in [-0.4, -0.2) is 15.1 Å². The molecule has 0 atom stereocenters. The van der Waals surface area contributed by atoms with Crippen LogP contribution in [0.1, 0.15) is 22.5 Å². The molecule has 0 aromatic carbocycles. The van der Waals surface area contributed by atoms with Crippen molar-refractivity contribution in [2.45, 2.75) is 6.43 Å². The standard InChI is InChI=1S/C7H2BrClF2N2O3/c8-3-1-2(13(15)16)4(6(9)14)5(12-3)7(10)11/h1,7H. The lowest BCUT2D eigenvalue weighted by atomic mass is 10.2. The predicted molar refractivity (Wildman–Crippen MR) is 53.7 cm³/mol. The van der Waals surface area contributed by atoms with Crippen LogP contribution in [0.25, 0.3) is 0 Å². The number of nitrogens with zero attached hydrogens (tertiary/aromatic N) is 2. The van der Waals surface area contributed by atoms with Gasteiger partial charge in [0.05, 0.1) is 4.92 Å². The minimum absolute atomic E-state index is 0.170. The Labute approximate surface area is 101 Å². The van der Waals surface area contributed by atoms with Crippen LogP contribution in [0.2, 0.25) is 0 Å². The highest BCUT2D eigenvalue weighted by atomic mass is 79.9. The van der Waals surface area contributed by atoms with Crippen molar-refractivity contribution in [1.82, 2.24) is 4.98 Å². The van der Waals surface area contributed by atoms with E-state index in [0.717, 1.165) is 6.07 Å². The van der Waals surface area contributed by atoms with Crippen LogP contribution in [0, 0.1) is 10.1 Å². The molecule has 5 nitrogen and oxygen atoms in total. The molecule has 1 heterocycles. The Morgan fingerprint density at radius 2 is 2.19 bits per heavy atom. The third-order valence-electron chi connectivity index (χ3n) is 1.60. The van der Waals surface area contributed by atoms with Gasteiger partial charge in [-0.15, -0.1) is 0 Å². The summed E-state index contributed by atoms with van der Waals surface area (Å²) in [7, 11) is 0. The fourth-order valence-electron chi connectivity index (χ4n) is 1.02. The molecule has 0 aliphatic carbocycles. The Morgan fingerprint density at radius 3 is 2.56 bits per heavy atom. The summed E-state index contributed by atoms with van der Waals surface area (Å²) in [5, 5.41) is 9.21. The molecule has 0 N–H and O–H groups in total. The van der Waals surface area contributed by atoms with E-state index in [1.165, 1.54) is 0 Å². The van der Waals surface area contributed by atoms with Gasteiger partial charge in [-0.1, -0.05) is 0 Å². The third-order valence-corrected chi connectivity index (χ3v) is 2.19. The van der Waals surface area contributed by atoms with Gasteiger partial charge in [0.25, 0.3) is 17.4 Å². The lowest BCUT2D eigenvalue weighted by Gasteiger charge is -2.05. The summed E-state index contributed by atoms with van der Waals surface area (Å²) < 4.78 is 24.8.